The van der Waals surface area contributed by atoms with Gasteiger partial charge in [0.05, 0.1) is 0 Å². The molecule has 3 aromatic carbocycles. The number of hydrogen-bond donors (Lipinski definition) is 2. The molecule has 0 bridgehead atoms. The summed E-state index contributed by atoms with van der Waals surface area (Å²) < 4.78 is 0. The van der Waals surface area contributed by atoms with Gasteiger partial charge >= 0.3 is 0 Å². The van der Waals surface area contributed by atoms with Crippen LogP contribution in [0.5, 0.6) is 0 Å². The molecule has 6 nitrogen and oxygen atoms in total. The Bertz CT molecular complexity index is 1300. The molecule has 2 amide bonds. The van der Waals surface area contributed by atoms with Gasteiger partial charge in [-0.1, -0.05) is 97.8 Å². The number of carbonyl (C=O) groups is 2. The van der Waals surface area contributed by atoms with Crippen molar-refractivity contribution in [2.24, 2.45) is 5.92 Å². The van der Waals surface area contributed by atoms with E-state index < -0.39 is 6.04 Å². The number of nitrogens with zero attached hydrogens (tertiary/aromatic N) is 2. The summed E-state index contributed by atoms with van der Waals surface area (Å²) in [5, 5.41) is 15.2. The van der Waals surface area contributed by atoms with Crippen LogP contribution in [0.15, 0.2) is 78.9 Å². The number of anilines is 1. The first kappa shape index (κ1) is 24.3. The topological polar surface area (TPSA) is 84.0 Å². The lowest BCUT2D eigenvalue weighted by molar-refractivity contribution is -0.119. The number of carbonyl (C=O) groups excluding carboxylic acids is 2. The van der Waals surface area contributed by atoms with Crippen molar-refractivity contribution in [3.05, 3.63) is 90.0 Å². The molecule has 4 rings (SSSR count). The number of aryl methyl sites for hydroxylation is 1. The maximum atomic E-state index is 13.1. The first-order valence-corrected chi connectivity index (χ1v) is 12.4. The highest BCUT2D eigenvalue weighted by Crippen LogP contribution is 2.27. The molecule has 7 heteroatoms. The Morgan fingerprint density at radius 1 is 0.886 bits per heavy atom. The molecule has 1 aromatic heterocycles. The molecule has 0 aliphatic heterocycles. The molecule has 0 aliphatic carbocycles. The van der Waals surface area contributed by atoms with Crippen LogP contribution in [-0.2, 0) is 4.79 Å². The molecule has 0 radical (unpaired) electrons. The molecular weight excluding hydrogens is 456 g/mol. The van der Waals surface area contributed by atoms with E-state index in [-0.39, 0.29) is 17.7 Å². The van der Waals surface area contributed by atoms with Crippen molar-refractivity contribution in [3.63, 3.8) is 0 Å². The molecule has 0 aliphatic rings. The van der Waals surface area contributed by atoms with Crippen LogP contribution in [0.3, 0.4) is 0 Å². The third-order valence-corrected chi connectivity index (χ3v) is 6.84. The lowest BCUT2D eigenvalue weighted by Gasteiger charge is -2.23. The first-order valence-electron chi connectivity index (χ1n) is 11.6. The fraction of sp³-hybridized carbons (Fsp3) is 0.214. The van der Waals surface area contributed by atoms with E-state index in [9.17, 15) is 9.59 Å². The van der Waals surface area contributed by atoms with Crippen molar-refractivity contribution in [1.82, 2.24) is 15.5 Å². The largest absolute Gasteiger partial charge is 0.340 e. The lowest BCUT2D eigenvalue weighted by Crippen LogP contribution is -2.47. The minimum absolute atomic E-state index is 0.0632. The molecule has 178 valence electrons. The third kappa shape index (κ3) is 6.00. The van der Waals surface area contributed by atoms with Crippen LogP contribution >= 0.6 is 11.3 Å². The van der Waals surface area contributed by atoms with Crippen molar-refractivity contribution >= 4 is 28.3 Å². The quantitative estimate of drug-likeness (QED) is 0.323. The van der Waals surface area contributed by atoms with Crippen LogP contribution in [0.1, 0.15) is 36.2 Å². The second-order valence-electron chi connectivity index (χ2n) is 8.55. The van der Waals surface area contributed by atoms with Gasteiger partial charge in [0.1, 0.15) is 11.0 Å². The van der Waals surface area contributed by atoms with Gasteiger partial charge in [-0.05, 0) is 42.2 Å². The zero-order chi connectivity index (χ0) is 24.8. The maximum Gasteiger partial charge on any atom is 0.251 e. The summed E-state index contributed by atoms with van der Waals surface area (Å²) in [6.45, 7) is 5.95. The Morgan fingerprint density at radius 3 is 2.26 bits per heavy atom. The molecule has 4 aromatic rings. The third-order valence-electron chi connectivity index (χ3n) is 5.96. The van der Waals surface area contributed by atoms with E-state index in [1.165, 1.54) is 11.3 Å². The highest BCUT2D eigenvalue weighted by Gasteiger charge is 2.27. The van der Waals surface area contributed by atoms with Crippen molar-refractivity contribution in [2.45, 2.75) is 33.2 Å². The van der Waals surface area contributed by atoms with Gasteiger partial charge < -0.3 is 5.32 Å². The number of amides is 2. The fourth-order valence-electron chi connectivity index (χ4n) is 3.72. The van der Waals surface area contributed by atoms with E-state index in [1.807, 2.05) is 87.5 Å². The normalized spacial score (nSPS) is 12.5. The second-order valence-corrected chi connectivity index (χ2v) is 9.53. The summed E-state index contributed by atoms with van der Waals surface area (Å²) in [7, 11) is 0. The van der Waals surface area contributed by atoms with Crippen LogP contribution in [0.4, 0.5) is 5.13 Å². The summed E-state index contributed by atoms with van der Waals surface area (Å²) >= 11 is 1.31. The number of aromatic nitrogens is 2. The maximum absolute atomic E-state index is 13.1. The summed E-state index contributed by atoms with van der Waals surface area (Å²) in [6, 6.07) is 24.6. The lowest BCUT2D eigenvalue weighted by atomic mass is 9.97. The zero-order valence-electron chi connectivity index (χ0n) is 20.0. The van der Waals surface area contributed by atoms with Crippen LogP contribution in [0.2, 0.25) is 0 Å². The van der Waals surface area contributed by atoms with Gasteiger partial charge in [-0.15, -0.1) is 10.2 Å². The van der Waals surface area contributed by atoms with Gasteiger partial charge in [-0.2, -0.15) is 0 Å². The summed E-state index contributed by atoms with van der Waals surface area (Å²) in [5.74, 6) is -0.657. The summed E-state index contributed by atoms with van der Waals surface area (Å²) in [6.07, 6.45) is 0.732. The van der Waals surface area contributed by atoms with Crippen LogP contribution in [0, 0.1) is 12.8 Å². The minimum atomic E-state index is -0.701. The van der Waals surface area contributed by atoms with E-state index in [2.05, 4.69) is 20.8 Å². The Hall–Kier alpha value is -3.84. The van der Waals surface area contributed by atoms with Gasteiger partial charge in [-0.3, -0.25) is 14.9 Å². The molecule has 0 unspecified atom stereocenters. The molecule has 2 atom stereocenters. The van der Waals surface area contributed by atoms with Gasteiger partial charge in [-0.25, -0.2) is 0 Å². The molecule has 0 saturated carbocycles. The Balaban J connectivity index is 1.45. The van der Waals surface area contributed by atoms with Crippen molar-refractivity contribution < 1.29 is 9.59 Å². The van der Waals surface area contributed by atoms with E-state index >= 15 is 0 Å². The van der Waals surface area contributed by atoms with Crippen LogP contribution < -0.4 is 10.6 Å². The summed E-state index contributed by atoms with van der Waals surface area (Å²) in [5.41, 5.74) is 4.69. The first-order chi connectivity index (χ1) is 16.9. The minimum Gasteiger partial charge on any atom is -0.340 e. The van der Waals surface area contributed by atoms with Gasteiger partial charge in [0.15, 0.2) is 0 Å². The predicted octanol–water partition coefficient (Wildman–Crippen LogP) is 5.96. The standard InChI is InChI=1S/C28H28N4O2S/c1-4-19(3)24(26(34)30-28-32-31-27(35-28)23-12-8-9-18(2)17-23)29-25(33)22-15-13-21(14-16-22)20-10-6-5-7-11-20/h5-17,19,24H,4H2,1-3H3,(H,29,33)(H,30,32,34)/t19-,24-/m0/s1. The Kier molecular flexibility index (Phi) is 7.67. The predicted molar refractivity (Wildman–Crippen MR) is 141 cm³/mol. The van der Waals surface area contributed by atoms with E-state index in [1.54, 1.807) is 12.1 Å². The average Bonchev–Trinajstić information content (AvgIpc) is 3.35. The molecule has 0 fully saturated rings. The molecule has 0 saturated heterocycles. The number of rotatable bonds is 8. The average molecular weight is 485 g/mol. The van der Waals surface area contributed by atoms with Crippen LogP contribution in [-0.4, -0.2) is 28.1 Å². The number of nitrogens with one attached hydrogen (secondary N) is 2. The fourth-order valence-corrected chi connectivity index (χ4v) is 4.47. The number of benzene rings is 3. The van der Waals surface area contributed by atoms with Gasteiger partial charge in [0.25, 0.3) is 5.91 Å². The molecular formula is C28H28N4O2S. The van der Waals surface area contributed by atoms with Gasteiger partial charge in [0, 0.05) is 11.1 Å². The molecule has 0 spiro atoms. The van der Waals surface area contributed by atoms with E-state index in [0.717, 1.165) is 33.7 Å². The van der Waals surface area contributed by atoms with E-state index in [4.69, 9.17) is 0 Å². The highest BCUT2D eigenvalue weighted by atomic mass is 32.1. The summed E-state index contributed by atoms with van der Waals surface area (Å²) in [4.78, 5) is 26.1. The highest BCUT2D eigenvalue weighted by molar-refractivity contribution is 7.18. The van der Waals surface area contributed by atoms with Crippen molar-refractivity contribution in [3.8, 4) is 21.7 Å². The van der Waals surface area contributed by atoms with E-state index in [0.29, 0.717) is 10.7 Å². The van der Waals surface area contributed by atoms with Gasteiger partial charge in [0.2, 0.25) is 11.0 Å². The monoisotopic (exact) mass is 484 g/mol. The Morgan fingerprint density at radius 2 is 1.57 bits per heavy atom. The zero-order valence-corrected chi connectivity index (χ0v) is 20.8. The van der Waals surface area contributed by atoms with Crippen LogP contribution in [0.25, 0.3) is 21.7 Å². The SMILES string of the molecule is CC[C@H](C)[C@H](NC(=O)c1ccc(-c2ccccc2)cc1)C(=O)Nc1nnc(-c2cccc(C)c2)s1. The smallest absolute Gasteiger partial charge is 0.251 e. The second kappa shape index (κ2) is 11.1. The molecule has 35 heavy (non-hydrogen) atoms. The van der Waals surface area contributed by atoms with Crippen molar-refractivity contribution in [1.29, 1.82) is 0 Å². The number of hydrogen-bond acceptors (Lipinski definition) is 5. The Labute approximate surface area is 209 Å². The molecule has 2 N–H and O–H groups in total. The van der Waals surface area contributed by atoms with Crippen molar-refractivity contribution in [2.75, 3.05) is 5.32 Å². The molecule has 1 heterocycles.